The molecule has 0 spiro atoms. The van der Waals surface area contributed by atoms with Crippen LogP contribution in [0.4, 0.5) is 0 Å². The maximum Gasteiger partial charge on any atom is 0.258 e. The monoisotopic (exact) mass is 266 g/mol. The minimum absolute atomic E-state index is 0.00205. The van der Waals surface area contributed by atoms with Gasteiger partial charge in [0.15, 0.2) is 6.61 Å². The molecule has 0 aliphatic heterocycles. The summed E-state index contributed by atoms with van der Waals surface area (Å²) in [5.41, 5.74) is 0.987. The molecule has 0 fully saturated rings. The van der Waals surface area contributed by atoms with Crippen LogP contribution in [-0.4, -0.2) is 32.7 Å². The van der Waals surface area contributed by atoms with Crippen molar-refractivity contribution in [2.75, 3.05) is 20.8 Å². The number of nitrogens with one attached hydrogen (secondary N) is 2. The molecule has 0 aliphatic carbocycles. The highest BCUT2D eigenvalue weighted by Gasteiger charge is 2.09. The molecule has 1 aromatic carbocycles. The van der Waals surface area contributed by atoms with Crippen molar-refractivity contribution >= 4 is 5.91 Å². The van der Waals surface area contributed by atoms with Gasteiger partial charge in [-0.25, -0.2) is 0 Å². The van der Waals surface area contributed by atoms with Crippen LogP contribution >= 0.6 is 0 Å². The number of rotatable bonds is 7. The highest BCUT2D eigenvalue weighted by atomic mass is 16.5. The molecule has 0 saturated heterocycles. The smallest absolute Gasteiger partial charge is 0.258 e. The number of ether oxygens (including phenoxy) is 2. The highest BCUT2D eigenvalue weighted by molar-refractivity contribution is 5.77. The summed E-state index contributed by atoms with van der Waals surface area (Å²) >= 11 is 0. The molecule has 0 aliphatic rings. The fraction of sp³-hybridized carbons (Fsp3) is 0.500. The number of hydrogen-bond donors (Lipinski definition) is 2. The van der Waals surface area contributed by atoms with Crippen LogP contribution < -0.4 is 20.1 Å². The lowest BCUT2D eigenvalue weighted by Crippen LogP contribution is -2.34. The molecule has 0 bridgehead atoms. The second kappa shape index (κ2) is 7.63. The zero-order valence-corrected chi connectivity index (χ0v) is 11.9. The third kappa shape index (κ3) is 5.18. The summed E-state index contributed by atoms with van der Waals surface area (Å²) in [5, 5.41) is 5.84. The van der Waals surface area contributed by atoms with E-state index >= 15 is 0 Å². The molecular weight excluding hydrogens is 244 g/mol. The van der Waals surface area contributed by atoms with Gasteiger partial charge in [-0.15, -0.1) is 0 Å². The normalized spacial score (nSPS) is 10.4. The molecule has 0 radical (unpaired) electrons. The third-order valence-electron chi connectivity index (χ3n) is 2.45. The van der Waals surface area contributed by atoms with Gasteiger partial charge in [-0.3, -0.25) is 4.79 Å². The Labute approximate surface area is 114 Å². The molecule has 2 N–H and O–H groups in total. The standard InChI is InChI=1S/C14H22N2O3/c1-10(2)16-14(17)9-19-13-7-12(18-4)6-5-11(13)8-15-3/h5-7,10,15H,8-9H2,1-4H3,(H,16,17). The summed E-state index contributed by atoms with van der Waals surface area (Å²) in [7, 11) is 3.46. The quantitative estimate of drug-likeness (QED) is 0.781. The number of carbonyl (C=O) groups excluding carboxylic acids is 1. The zero-order chi connectivity index (χ0) is 14.3. The molecule has 0 unspecified atom stereocenters. The molecule has 1 amide bonds. The second-order valence-electron chi connectivity index (χ2n) is 4.51. The van der Waals surface area contributed by atoms with Crippen molar-refractivity contribution in [3.05, 3.63) is 23.8 Å². The maximum absolute atomic E-state index is 11.6. The summed E-state index contributed by atoms with van der Waals surface area (Å²) in [6.45, 7) is 4.50. The van der Waals surface area contributed by atoms with Crippen molar-refractivity contribution in [3.8, 4) is 11.5 Å². The molecule has 1 aromatic rings. The van der Waals surface area contributed by atoms with Crippen LogP contribution in [0, 0.1) is 0 Å². The fourth-order valence-corrected chi connectivity index (χ4v) is 1.64. The first-order valence-corrected chi connectivity index (χ1v) is 6.30. The first-order chi connectivity index (χ1) is 9.06. The predicted octanol–water partition coefficient (Wildman–Crippen LogP) is 1.32. The lowest BCUT2D eigenvalue weighted by Gasteiger charge is -2.13. The van der Waals surface area contributed by atoms with Gasteiger partial charge in [0.25, 0.3) is 5.91 Å². The van der Waals surface area contributed by atoms with Crippen molar-refractivity contribution < 1.29 is 14.3 Å². The Morgan fingerprint density at radius 2 is 2.11 bits per heavy atom. The van der Waals surface area contributed by atoms with E-state index in [1.165, 1.54) is 0 Å². The lowest BCUT2D eigenvalue weighted by molar-refractivity contribution is -0.123. The van der Waals surface area contributed by atoms with Gasteiger partial charge in [0.1, 0.15) is 11.5 Å². The van der Waals surface area contributed by atoms with Crippen LogP contribution in [0.1, 0.15) is 19.4 Å². The SMILES string of the molecule is CNCc1ccc(OC)cc1OCC(=O)NC(C)C. The second-order valence-corrected chi connectivity index (χ2v) is 4.51. The van der Waals surface area contributed by atoms with Gasteiger partial charge in [0, 0.05) is 24.2 Å². The average molecular weight is 266 g/mol. The highest BCUT2D eigenvalue weighted by Crippen LogP contribution is 2.24. The minimum atomic E-state index is -0.131. The lowest BCUT2D eigenvalue weighted by atomic mass is 10.2. The van der Waals surface area contributed by atoms with Crippen LogP contribution in [0.2, 0.25) is 0 Å². The Bertz CT molecular complexity index is 419. The number of methoxy groups -OCH3 is 1. The summed E-state index contributed by atoms with van der Waals surface area (Å²) in [6.07, 6.45) is 0. The molecule has 0 aromatic heterocycles. The van der Waals surface area contributed by atoms with E-state index in [1.54, 1.807) is 13.2 Å². The molecular formula is C14H22N2O3. The third-order valence-corrected chi connectivity index (χ3v) is 2.45. The van der Waals surface area contributed by atoms with E-state index in [-0.39, 0.29) is 18.6 Å². The molecule has 1 rings (SSSR count). The van der Waals surface area contributed by atoms with E-state index in [0.717, 1.165) is 5.56 Å². The Kier molecular flexibility index (Phi) is 6.15. The van der Waals surface area contributed by atoms with Gasteiger partial charge in [-0.05, 0) is 27.0 Å². The number of benzene rings is 1. The van der Waals surface area contributed by atoms with Gasteiger partial charge >= 0.3 is 0 Å². The summed E-state index contributed by atoms with van der Waals surface area (Å²) in [4.78, 5) is 11.6. The molecule has 5 heteroatoms. The van der Waals surface area contributed by atoms with Crippen molar-refractivity contribution in [1.29, 1.82) is 0 Å². The number of amides is 1. The van der Waals surface area contributed by atoms with Crippen LogP contribution in [0.5, 0.6) is 11.5 Å². The largest absolute Gasteiger partial charge is 0.497 e. The Morgan fingerprint density at radius 1 is 1.37 bits per heavy atom. The van der Waals surface area contributed by atoms with E-state index < -0.39 is 0 Å². The van der Waals surface area contributed by atoms with Gasteiger partial charge < -0.3 is 20.1 Å². The molecule has 19 heavy (non-hydrogen) atoms. The fourth-order valence-electron chi connectivity index (χ4n) is 1.64. The van der Waals surface area contributed by atoms with E-state index in [9.17, 15) is 4.79 Å². The van der Waals surface area contributed by atoms with Crippen LogP contribution in [0.15, 0.2) is 18.2 Å². The predicted molar refractivity (Wildman–Crippen MR) is 74.5 cm³/mol. The molecule has 0 heterocycles. The summed E-state index contributed by atoms with van der Waals surface area (Å²) in [6, 6.07) is 5.69. The van der Waals surface area contributed by atoms with Crippen LogP contribution in [0.3, 0.4) is 0 Å². The van der Waals surface area contributed by atoms with E-state index in [0.29, 0.717) is 18.0 Å². The van der Waals surface area contributed by atoms with Crippen LogP contribution in [0.25, 0.3) is 0 Å². The summed E-state index contributed by atoms with van der Waals surface area (Å²) in [5.74, 6) is 1.24. The topological polar surface area (TPSA) is 59.6 Å². The maximum atomic E-state index is 11.6. The van der Waals surface area contributed by atoms with Gasteiger partial charge in [0.05, 0.1) is 7.11 Å². The van der Waals surface area contributed by atoms with Crippen molar-refractivity contribution in [2.24, 2.45) is 0 Å². The van der Waals surface area contributed by atoms with E-state index in [1.807, 2.05) is 33.0 Å². The average Bonchev–Trinajstić information content (AvgIpc) is 2.37. The Balaban J connectivity index is 2.71. The van der Waals surface area contributed by atoms with Gasteiger partial charge in [-0.2, -0.15) is 0 Å². The number of carbonyl (C=O) groups is 1. The van der Waals surface area contributed by atoms with Gasteiger partial charge in [-0.1, -0.05) is 6.07 Å². The molecule has 106 valence electrons. The minimum Gasteiger partial charge on any atom is -0.497 e. The van der Waals surface area contributed by atoms with E-state index in [2.05, 4.69) is 10.6 Å². The zero-order valence-electron chi connectivity index (χ0n) is 11.9. The number of hydrogen-bond acceptors (Lipinski definition) is 4. The van der Waals surface area contributed by atoms with Gasteiger partial charge in [0.2, 0.25) is 0 Å². The Morgan fingerprint density at radius 3 is 2.68 bits per heavy atom. The van der Waals surface area contributed by atoms with Crippen LogP contribution in [-0.2, 0) is 11.3 Å². The molecule has 5 nitrogen and oxygen atoms in total. The van der Waals surface area contributed by atoms with E-state index in [4.69, 9.17) is 9.47 Å². The van der Waals surface area contributed by atoms with Crippen molar-refractivity contribution in [2.45, 2.75) is 26.4 Å². The molecule has 0 atom stereocenters. The first-order valence-electron chi connectivity index (χ1n) is 6.30. The summed E-state index contributed by atoms with van der Waals surface area (Å²) < 4.78 is 10.7. The Hall–Kier alpha value is -1.75. The van der Waals surface area contributed by atoms with Crippen molar-refractivity contribution in [3.63, 3.8) is 0 Å². The first kappa shape index (κ1) is 15.3. The molecule has 0 saturated carbocycles. The van der Waals surface area contributed by atoms with Crippen molar-refractivity contribution in [1.82, 2.24) is 10.6 Å².